The van der Waals surface area contributed by atoms with E-state index in [1.165, 1.54) is 23.5 Å². The van der Waals surface area contributed by atoms with E-state index in [0.29, 0.717) is 66.7 Å². The number of para-hydroxylation sites is 1. The summed E-state index contributed by atoms with van der Waals surface area (Å²) in [5.41, 5.74) is 2.73. The van der Waals surface area contributed by atoms with E-state index in [4.69, 9.17) is 11.6 Å². The van der Waals surface area contributed by atoms with Crippen molar-refractivity contribution < 1.29 is 31.5 Å². The Bertz CT molecular complexity index is 1640. The number of carbonyl (C=O) groups excluding carboxylic acids is 1. The number of amides is 2. The van der Waals surface area contributed by atoms with Gasteiger partial charge in [0.2, 0.25) is 10.0 Å². The van der Waals surface area contributed by atoms with E-state index in [0.717, 1.165) is 29.8 Å². The van der Waals surface area contributed by atoms with Gasteiger partial charge < -0.3 is 20.6 Å². The highest BCUT2D eigenvalue weighted by atomic mass is 35.5. The first kappa shape index (κ1) is 33.0. The minimum Gasteiger partial charge on any atom is -0.390 e. The van der Waals surface area contributed by atoms with E-state index in [1.807, 2.05) is 0 Å². The van der Waals surface area contributed by atoms with Gasteiger partial charge in [0.1, 0.15) is 0 Å². The molecule has 1 atom stereocenters. The molecule has 2 amide bonds. The molecule has 3 N–H and O–H groups in total. The van der Waals surface area contributed by atoms with Gasteiger partial charge in [-0.3, -0.25) is 9.58 Å². The summed E-state index contributed by atoms with van der Waals surface area (Å²) in [5.74, 6) is 0. The molecule has 1 fully saturated rings. The molecule has 0 bridgehead atoms. The van der Waals surface area contributed by atoms with Crippen molar-refractivity contribution in [3.05, 3.63) is 64.3 Å². The number of nitrogens with zero attached hydrogens (tertiary/aromatic N) is 5. The Morgan fingerprint density at radius 2 is 1.76 bits per heavy atom. The monoisotopic (exact) mass is 669 g/mol. The van der Waals surface area contributed by atoms with Crippen LogP contribution in [0.25, 0.3) is 11.3 Å². The van der Waals surface area contributed by atoms with Gasteiger partial charge in [-0.2, -0.15) is 22.6 Å². The number of carbonyl (C=O) groups is 1. The lowest BCUT2D eigenvalue weighted by atomic mass is 10.0. The molecule has 3 aromatic rings. The smallest absolute Gasteiger partial charge is 0.390 e. The fourth-order valence-electron chi connectivity index (χ4n) is 5.78. The average Bonchev–Trinajstić information content (AvgIpc) is 3.34. The molecular formula is C29H35ClF3N7O4S. The normalized spacial score (nSPS) is 17.2. The van der Waals surface area contributed by atoms with Crippen LogP contribution in [0.4, 0.5) is 29.3 Å². The highest BCUT2D eigenvalue weighted by molar-refractivity contribution is 7.88. The molecule has 2 aliphatic rings. The maximum Gasteiger partial charge on any atom is 0.416 e. The minimum atomic E-state index is -4.49. The lowest BCUT2D eigenvalue weighted by Crippen LogP contribution is -2.49. The number of alkyl halides is 3. The van der Waals surface area contributed by atoms with Gasteiger partial charge in [-0.1, -0.05) is 29.8 Å². The van der Waals surface area contributed by atoms with Crippen LogP contribution in [-0.2, 0) is 35.7 Å². The van der Waals surface area contributed by atoms with Gasteiger partial charge in [-0.05, 0) is 24.3 Å². The number of piperazine rings is 1. The maximum absolute atomic E-state index is 13.2. The number of β-amino-alcohol motifs (C(OH)–C–C–N with tert-alkyl or cyclic N) is 1. The maximum atomic E-state index is 13.2. The van der Waals surface area contributed by atoms with Crippen LogP contribution < -0.4 is 15.5 Å². The zero-order valence-electron chi connectivity index (χ0n) is 24.8. The third-order valence-corrected chi connectivity index (χ3v) is 9.61. The SMILES string of the molecule is CNC(=O)Nc1cccc(Cl)c1N1CCN(CC(O)Cn2nc(-c3ccc(C(F)(F)F)cc3)c3c2CCN(S(C)(=O)=O)C3)CC1. The molecule has 0 saturated carbocycles. The fourth-order valence-corrected chi connectivity index (χ4v) is 6.86. The third-order valence-electron chi connectivity index (χ3n) is 8.06. The Morgan fingerprint density at radius 3 is 2.38 bits per heavy atom. The molecule has 5 rings (SSSR count). The molecule has 1 aromatic heterocycles. The molecule has 16 heteroatoms. The molecule has 2 aliphatic heterocycles. The number of nitrogens with one attached hydrogen (secondary N) is 2. The van der Waals surface area contributed by atoms with Gasteiger partial charge in [-0.15, -0.1) is 0 Å². The summed E-state index contributed by atoms with van der Waals surface area (Å²) in [6.07, 6.45) is -3.84. The number of halogens is 4. The number of sulfonamides is 1. The van der Waals surface area contributed by atoms with E-state index in [1.54, 1.807) is 22.9 Å². The van der Waals surface area contributed by atoms with Gasteiger partial charge >= 0.3 is 12.2 Å². The number of rotatable bonds is 8. The zero-order chi connectivity index (χ0) is 32.5. The number of hydrogen-bond acceptors (Lipinski definition) is 7. The molecule has 244 valence electrons. The van der Waals surface area contributed by atoms with Crippen molar-refractivity contribution in [2.75, 3.05) is 62.8 Å². The quantitative estimate of drug-likeness (QED) is 0.336. The Balaban J connectivity index is 1.29. The van der Waals surface area contributed by atoms with Crippen LogP contribution in [0.2, 0.25) is 5.02 Å². The highest BCUT2D eigenvalue weighted by Crippen LogP contribution is 2.36. The summed E-state index contributed by atoms with van der Waals surface area (Å²) >= 11 is 6.50. The number of hydrogen-bond donors (Lipinski definition) is 3. The summed E-state index contributed by atoms with van der Waals surface area (Å²) < 4.78 is 67.1. The van der Waals surface area contributed by atoms with Crippen molar-refractivity contribution >= 4 is 39.0 Å². The average molecular weight is 670 g/mol. The summed E-state index contributed by atoms with van der Waals surface area (Å²) in [6, 6.07) is 9.58. The van der Waals surface area contributed by atoms with E-state index < -0.39 is 27.9 Å². The van der Waals surface area contributed by atoms with Gasteiger partial charge in [0, 0.05) is 76.1 Å². The molecule has 11 nitrogen and oxygen atoms in total. The molecule has 0 radical (unpaired) electrons. The second-order valence-corrected chi connectivity index (χ2v) is 13.5. The second kappa shape index (κ2) is 13.2. The lowest BCUT2D eigenvalue weighted by Gasteiger charge is -2.38. The number of anilines is 2. The van der Waals surface area contributed by atoms with E-state index in [9.17, 15) is 31.5 Å². The van der Waals surface area contributed by atoms with Gasteiger partial charge in [0.15, 0.2) is 0 Å². The summed E-state index contributed by atoms with van der Waals surface area (Å²) in [5, 5.41) is 21.6. The van der Waals surface area contributed by atoms with E-state index in [-0.39, 0.29) is 25.7 Å². The van der Waals surface area contributed by atoms with Crippen molar-refractivity contribution in [2.45, 2.75) is 31.8 Å². The molecule has 1 unspecified atom stereocenters. The number of fused-ring (bicyclic) bond motifs is 1. The Labute approximate surface area is 264 Å². The fraction of sp³-hybridized carbons (Fsp3) is 0.448. The van der Waals surface area contributed by atoms with Crippen LogP contribution in [0.5, 0.6) is 0 Å². The summed E-state index contributed by atoms with van der Waals surface area (Å²) in [7, 11) is -1.98. The van der Waals surface area contributed by atoms with Crippen molar-refractivity contribution in [3.63, 3.8) is 0 Å². The minimum absolute atomic E-state index is 0.0430. The summed E-state index contributed by atoms with van der Waals surface area (Å²) in [4.78, 5) is 16.1. The first-order chi connectivity index (χ1) is 21.2. The predicted molar refractivity (Wildman–Crippen MR) is 166 cm³/mol. The largest absolute Gasteiger partial charge is 0.416 e. The van der Waals surface area contributed by atoms with Crippen molar-refractivity contribution in [2.24, 2.45) is 0 Å². The third kappa shape index (κ3) is 7.55. The Morgan fingerprint density at radius 1 is 1.07 bits per heavy atom. The lowest BCUT2D eigenvalue weighted by molar-refractivity contribution is -0.137. The summed E-state index contributed by atoms with van der Waals surface area (Å²) in [6.45, 7) is 3.22. The second-order valence-electron chi connectivity index (χ2n) is 11.2. The van der Waals surface area contributed by atoms with Crippen LogP contribution in [0.3, 0.4) is 0 Å². The van der Waals surface area contributed by atoms with Crippen LogP contribution >= 0.6 is 11.6 Å². The van der Waals surface area contributed by atoms with Gasteiger partial charge in [0.25, 0.3) is 0 Å². The highest BCUT2D eigenvalue weighted by Gasteiger charge is 2.33. The zero-order valence-corrected chi connectivity index (χ0v) is 26.4. The molecular weight excluding hydrogens is 635 g/mol. The molecule has 3 heterocycles. The topological polar surface area (TPSA) is 123 Å². The number of urea groups is 1. The number of benzene rings is 2. The standard InChI is InChI=1S/C29H35ClF3N7O4S/c1-34-28(42)35-24-5-3-4-23(30)27(24)38-14-12-37(13-15-38)16-21(41)17-40-25-10-11-39(45(2,43)44)18-22(25)26(36-40)19-6-8-20(9-7-19)29(31,32)33/h3-9,21,41H,10-18H2,1-2H3,(H2,34,35,42). The Hall–Kier alpha value is -3.37. The number of aliphatic hydroxyl groups excluding tert-OH is 1. The first-order valence-electron chi connectivity index (χ1n) is 14.4. The van der Waals surface area contributed by atoms with Crippen LogP contribution in [0, 0.1) is 0 Å². The van der Waals surface area contributed by atoms with Crippen molar-refractivity contribution in [3.8, 4) is 11.3 Å². The van der Waals surface area contributed by atoms with Crippen molar-refractivity contribution in [1.82, 2.24) is 24.3 Å². The molecule has 2 aromatic carbocycles. The Kier molecular flexibility index (Phi) is 9.65. The van der Waals surface area contributed by atoms with Crippen LogP contribution in [0.15, 0.2) is 42.5 Å². The van der Waals surface area contributed by atoms with Crippen molar-refractivity contribution in [1.29, 1.82) is 0 Å². The molecule has 0 aliphatic carbocycles. The number of aromatic nitrogens is 2. The van der Waals surface area contributed by atoms with E-state index in [2.05, 4.69) is 25.5 Å². The van der Waals surface area contributed by atoms with E-state index >= 15 is 0 Å². The van der Waals surface area contributed by atoms with Crippen LogP contribution in [-0.4, -0.2) is 97.2 Å². The van der Waals surface area contributed by atoms with Crippen LogP contribution in [0.1, 0.15) is 16.8 Å². The predicted octanol–water partition coefficient (Wildman–Crippen LogP) is 3.47. The van der Waals surface area contributed by atoms with Gasteiger partial charge in [-0.25, -0.2) is 13.2 Å². The first-order valence-corrected chi connectivity index (χ1v) is 16.6. The molecule has 45 heavy (non-hydrogen) atoms. The number of aliphatic hydroxyl groups is 1. The van der Waals surface area contributed by atoms with Gasteiger partial charge in [0.05, 0.1) is 46.6 Å². The molecule has 0 spiro atoms. The molecule has 1 saturated heterocycles.